The van der Waals surface area contributed by atoms with Gasteiger partial charge in [-0.1, -0.05) is 12.1 Å². The third kappa shape index (κ3) is 2.26. The normalized spacial score (nSPS) is 15.0. The summed E-state index contributed by atoms with van der Waals surface area (Å²) >= 11 is 1.58. The van der Waals surface area contributed by atoms with Crippen molar-refractivity contribution in [3.05, 3.63) is 29.3 Å². The Labute approximate surface area is 109 Å². The summed E-state index contributed by atoms with van der Waals surface area (Å²) in [6.45, 7) is 2.11. The molecule has 1 aromatic carbocycles. The molecule has 1 fully saturated rings. The zero-order valence-corrected chi connectivity index (χ0v) is 10.9. The fraction of sp³-hybridized carbons (Fsp3) is 0.417. The number of benzene rings is 1. The van der Waals surface area contributed by atoms with Crippen LogP contribution in [0.4, 0.5) is 0 Å². The molecule has 18 heavy (non-hydrogen) atoms. The van der Waals surface area contributed by atoms with Gasteiger partial charge in [-0.05, 0) is 59.1 Å². The minimum absolute atomic E-state index is 0.0750. The molecule has 0 radical (unpaired) electrons. The van der Waals surface area contributed by atoms with Gasteiger partial charge in [-0.2, -0.15) is 0 Å². The summed E-state index contributed by atoms with van der Waals surface area (Å²) in [7, 11) is 0. The number of rotatable bonds is 4. The van der Waals surface area contributed by atoms with Crippen molar-refractivity contribution in [3.63, 3.8) is 0 Å². The van der Waals surface area contributed by atoms with E-state index in [0.717, 1.165) is 21.2 Å². The van der Waals surface area contributed by atoms with E-state index in [1.54, 1.807) is 11.8 Å². The highest BCUT2D eigenvalue weighted by molar-refractivity contribution is 7.99. The fourth-order valence-corrected chi connectivity index (χ4v) is 2.73. The van der Waals surface area contributed by atoms with E-state index >= 15 is 0 Å². The van der Waals surface area contributed by atoms with E-state index in [9.17, 15) is 0 Å². The first-order valence-corrected chi connectivity index (χ1v) is 6.75. The topological polar surface area (TPSA) is 63.8 Å². The minimum atomic E-state index is 0.0750. The molecular weight excluding hydrogens is 248 g/mol. The molecule has 94 valence electrons. The van der Waals surface area contributed by atoms with Crippen molar-refractivity contribution in [2.45, 2.75) is 42.5 Å². The zero-order chi connectivity index (χ0) is 12.5. The summed E-state index contributed by atoms with van der Waals surface area (Å²) in [5, 5.41) is 21.8. The van der Waals surface area contributed by atoms with Gasteiger partial charge in [0.1, 0.15) is 0 Å². The molecule has 1 N–H and O–H groups in total. The van der Waals surface area contributed by atoms with Crippen LogP contribution in [0.25, 0.3) is 0 Å². The summed E-state index contributed by atoms with van der Waals surface area (Å²) in [6.07, 6.45) is 2.34. The van der Waals surface area contributed by atoms with E-state index in [0.29, 0.717) is 6.04 Å². The van der Waals surface area contributed by atoms with Gasteiger partial charge < -0.3 is 5.11 Å². The van der Waals surface area contributed by atoms with E-state index in [2.05, 4.69) is 15.5 Å². The Bertz CT molecular complexity index is 565. The van der Waals surface area contributed by atoms with Crippen LogP contribution in [0.1, 0.15) is 30.0 Å². The van der Waals surface area contributed by atoms with E-state index in [-0.39, 0.29) is 6.61 Å². The number of tetrazole rings is 1. The van der Waals surface area contributed by atoms with Crippen molar-refractivity contribution in [2.75, 3.05) is 0 Å². The van der Waals surface area contributed by atoms with Crippen LogP contribution in [-0.4, -0.2) is 25.3 Å². The van der Waals surface area contributed by atoms with Gasteiger partial charge in [0.2, 0.25) is 5.16 Å². The van der Waals surface area contributed by atoms with E-state index in [4.69, 9.17) is 5.11 Å². The van der Waals surface area contributed by atoms with Gasteiger partial charge in [-0.15, -0.1) is 5.10 Å². The number of aromatic nitrogens is 4. The second-order valence-corrected chi connectivity index (χ2v) is 5.51. The largest absolute Gasteiger partial charge is 0.392 e. The van der Waals surface area contributed by atoms with E-state index in [1.807, 2.05) is 29.8 Å². The summed E-state index contributed by atoms with van der Waals surface area (Å²) in [4.78, 5) is 1.13. The molecule has 1 saturated carbocycles. The Balaban J connectivity index is 1.85. The Morgan fingerprint density at radius 3 is 2.94 bits per heavy atom. The average Bonchev–Trinajstić information content (AvgIpc) is 3.12. The van der Waals surface area contributed by atoms with Crippen LogP contribution in [0.5, 0.6) is 0 Å². The highest BCUT2D eigenvalue weighted by atomic mass is 32.2. The summed E-state index contributed by atoms with van der Waals surface area (Å²) in [5.74, 6) is 0. The van der Waals surface area contributed by atoms with E-state index in [1.165, 1.54) is 12.8 Å². The van der Waals surface area contributed by atoms with Gasteiger partial charge in [0.25, 0.3) is 0 Å². The van der Waals surface area contributed by atoms with Crippen molar-refractivity contribution in [3.8, 4) is 0 Å². The van der Waals surface area contributed by atoms with Crippen molar-refractivity contribution in [1.82, 2.24) is 20.2 Å². The fourth-order valence-electron chi connectivity index (χ4n) is 1.82. The number of nitrogens with zero attached hydrogens (tertiary/aromatic N) is 4. The molecular formula is C12H14N4OS. The molecule has 2 aromatic rings. The lowest BCUT2D eigenvalue weighted by molar-refractivity contribution is 0.281. The molecule has 5 nitrogen and oxygen atoms in total. The lowest BCUT2D eigenvalue weighted by atomic mass is 10.1. The second kappa shape index (κ2) is 4.70. The Kier molecular flexibility index (Phi) is 3.05. The molecule has 0 saturated heterocycles. The predicted octanol–water partition coefficient (Wildman–Crippen LogP) is 1.96. The molecule has 0 unspecified atom stereocenters. The molecule has 6 heteroatoms. The van der Waals surface area contributed by atoms with Crippen molar-refractivity contribution < 1.29 is 5.11 Å². The molecule has 3 rings (SSSR count). The molecule has 0 atom stereocenters. The second-order valence-electron chi connectivity index (χ2n) is 4.50. The van der Waals surface area contributed by atoms with Crippen LogP contribution in [0, 0.1) is 6.92 Å². The van der Waals surface area contributed by atoms with Crippen molar-refractivity contribution in [1.29, 1.82) is 0 Å². The first kappa shape index (κ1) is 11.7. The predicted molar refractivity (Wildman–Crippen MR) is 67.3 cm³/mol. The van der Waals surface area contributed by atoms with Crippen LogP contribution >= 0.6 is 11.8 Å². The van der Waals surface area contributed by atoms with Gasteiger partial charge in [-0.3, -0.25) is 0 Å². The lowest BCUT2D eigenvalue weighted by Crippen LogP contribution is -1.98. The Morgan fingerprint density at radius 1 is 1.44 bits per heavy atom. The quantitative estimate of drug-likeness (QED) is 0.912. The Morgan fingerprint density at radius 2 is 2.28 bits per heavy atom. The number of hydrogen-bond acceptors (Lipinski definition) is 5. The van der Waals surface area contributed by atoms with Crippen LogP contribution < -0.4 is 0 Å². The molecule has 1 aliphatic rings. The van der Waals surface area contributed by atoms with Crippen LogP contribution in [0.15, 0.2) is 28.3 Å². The third-order valence-corrected chi connectivity index (χ3v) is 4.11. The van der Waals surface area contributed by atoms with Gasteiger partial charge in [0.05, 0.1) is 12.6 Å². The standard InChI is InChI=1S/C12H14N4OS/c1-8-6-9(7-17)2-5-11(8)18-12-13-14-15-16(12)10-3-4-10/h2,5-6,10,17H,3-4,7H2,1H3. The molecule has 1 aliphatic carbocycles. The van der Waals surface area contributed by atoms with Gasteiger partial charge in [-0.25, -0.2) is 4.68 Å². The summed E-state index contributed by atoms with van der Waals surface area (Å²) in [6, 6.07) is 6.42. The molecule has 1 aromatic heterocycles. The highest BCUT2D eigenvalue weighted by Crippen LogP contribution is 2.38. The van der Waals surface area contributed by atoms with Crippen molar-refractivity contribution >= 4 is 11.8 Å². The van der Waals surface area contributed by atoms with Crippen LogP contribution in [0.3, 0.4) is 0 Å². The zero-order valence-electron chi connectivity index (χ0n) is 10.1. The number of hydrogen-bond donors (Lipinski definition) is 1. The molecule has 1 heterocycles. The SMILES string of the molecule is Cc1cc(CO)ccc1Sc1nnnn1C1CC1. The maximum Gasteiger partial charge on any atom is 0.214 e. The third-order valence-electron chi connectivity index (χ3n) is 2.98. The Hall–Kier alpha value is -1.40. The molecule has 0 amide bonds. The van der Waals surface area contributed by atoms with Gasteiger partial charge >= 0.3 is 0 Å². The van der Waals surface area contributed by atoms with Gasteiger partial charge in [0.15, 0.2) is 0 Å². The maximum atomic E-state index is 9.09. The molecule has 0 spiro atoms. The molecule has 0 bridgehead atoms. The summed E-state index contributed by atoms with van der Waals surface area (Å²) < 4.78 is 1.91. The number of aliphatic hydroxyl groups excluding tert-OH is 1. The smallest absolute Gasteiger partial charge is 0.214 e. The highest BCUT2D eigenvalue weighted by Gasteiger charge is 2.28. The first-order valence-electron chi connectivity index (χ1n) is 5.94. The minimum Gasteiger partial charge on any atom is -0.392 e. The molecule has 0 aliphatic heterocycles. The van der Waals surface area contributed by atoms with E-state index < -0.39 is 0 Å². The van der Waals surface area contributed by atoms with Crippen LogP contribution in [0.2, 0.25) is 0 Å². The number of aliphatic hydroxyl groups is 1. The summed E-state index contributed by atoms with van der Waals surface area (Å²) in [5.41, 5.74) is 2.07. The van der Waals surface area contributed by atoms with Crippen molar-refractivity contribution in [2.24, 2.45) is 0 Å². The van der Waals surface area contributed by atoms with Gasteiger partial charge in [0, 0.05) is 4.90 Å². The first-order chi connectivity index (χ1) is 8.78. The monoisotopic (exact) mass is 262 g/mol. The maximum absolute atomic E-state index is 9.09. The number of aryl methyl sites for hydroxylation is 1. The average molecular weight is 262 g/mol. The lowest BCUT2D eigenvalue weighted by Gasteiger charge is -2.06. The van der Waals surface area contributed by atoms with Crippen LogP contribution in [-0.2, 0) is 6.61 Å².